The maximum atomic E-state index is 12.3. The van der Waals surface area contributed by atoms with Gasteiger partial charge in [-0.1, -0.05) is 6.92 Å². The first-order chi connectivity index (χ1) is 10.0. The summed E-state index contributed by atoms with van der Waals surface area (Å²) in [6.45, 7) is 2.06. The van der Waals surface area contributed by atoms with Gasteiger partial charge in [-0.05, 0) is 24.6 Å². The van der Waals surface area contributed by atoms with Gasteiger partial charge < -0.3 is 10.3 Å². The van der Waals surface area contributed by atoms with Crippen molar-refractivity contribution in [3.63, 3.8) is 0 Å². The number of anilines is 1. The number of nitrogens with two attached hydrogens (primary N) is 1. The molecule has 6 nitrogen and oxygen atoms in total. The smallest absolute Gasteiger partial charge is 0.252 e. The molecule has 2 heterocycles. The number of imidazole rings is 1. The molecular weight excluding hydrogens is 268 g/mol. The lowest BCUT2D eigenvalue weighted by atomic mass is 10.2. The van der Waals surface area contributed by atoms with Crippen molar-refractivity contribution in [2.24, 2.45) is 0 Å². The zero-order chi connectivity index (χ0) is 15.1. The molecule has 1 aliphatic heterocycles. The number of aromatic nitrogens is 2. The molecule has 6 heteroatoms. The molecule has 0 aliphatic carbocycles. The number of hydrogen-bond donors (Lipinski definition) is 1. The van der Waals surface area contributed by atoms with E-state index in [-0.39, 0.29) is 18.2 Å². The van der Waals surface area contributed by atoms with Gasteiger partial charge in [0.1, 0.15) is 11.9 Å². The van der Waals surface area contributed by atoms with Crippen molar-refractivity contribution in [1.82, 2.24) is 14.5 Å². The summed E-state index contributed by atoms with van der Waals surface area (Å²) in [5.41, 5.74) is 8.07. The van der Waals surface area contributed by atoms with Gasteiger partial charge in [-0.25, -0.2) is 4.98 Å². The SMILES string of the molecule is CCCc1nc2cc(N)ccc2n1C1CC(=O)N(C)C1=O. The molecule has 2 N–H and O–H groups in total. The van der Waals surface area contributed by atoms with E-state index in [1.54, 1.807) is 12.1 Å². The molecule has 0 saturated carbocycles. The molecule has 3 rings (SSSR count). The lowest BCUT2D eigenvalue weighted by Gasteiger charge is -2.14. The zero-order valence-electron chi connectivity index (χ0n) is 12.2. The number of nitrogen functional groups attached to an aromatic ring is 1. The van der Waals surface area contributed by atoms with Crippen LogP contribution in [-0.2, 0) is 16.0 Å². The van der Waals surface area contributed by atoms with Crippen LogP contribution in [0.15, 0.2) is 18.2 Å². The number of rotatable bonds is 3. The first kappa shape index (κ1) is 13.6. The second kappa shape index (κ2) is 4.87. The van der Waals surface area contributed by atoms with Gasteiger partial charge in [-0.15, -0.1) is 0 Å². The van der Waals surface area contributed by atoms with Crippen LogP contribution in [0.2, 0.25) is 0 Å². The molecule has 2 amide bonds. The Labute approximate surface area is 122 Å². The molecule has 1 aromatic carbocycles. The summed E-state index contributed by atoms with van der Waals surface area (Å²) in [4.78, 5) is 29.9. The Bertz CT molecular complexity index is 735. The fraction of sp³-hybridized carbons (Fsp3) is 0.400. The van der Waals surface area contributed by atoms with E-state index >= 15 is 0 Å². The molecule has 1 unspecified atom stereocenters. The van der Waals surface area contributed by atoms with Gasteiger partial charge in [0.15, 0.2) is 0 Å². The Hall–Kier alpha value is -2.37. The van der Waals surface area contributed by atoms with Crippen molar-refractivity contribution in [3.05, 3.63) is 24.0 Å². The van der Waals surface area contributed by atoms with E-state index < -0.39 is 6.04 Å². The van der Waals surface area contributed by atoms with Crippen LogP contribution in [0.25, 0.3) is 11.0 Å². The van der Waals surface area contributed by atoms with Crippen LogP contribution in [0.5, 0.6) is 0 Å². The second-order valence-corrected chi connectivity index (χ2v) is 5.41. The monoisotopic (exact) mass is 286 g/mol. The number of likely N-dealkylation sites (N-methyl/N-ethyl adjacent to an activating group) is 1. The number of aryl methyl sites for hydroxylation is 1. The number of nitrogens with zero attached hydrogens (tertiary/aromatic N) is 3. The number of carbonyl (C=O) groups is 2. The summed E-state index contributed by atoms with van der Waals surface area (Å²) in [5, 5.41) is 0. The Morgan fingerprint density at radius 1 is 1.38 bits per heavy atom. The first-order valence-corrected chi connectivity index (χ1v) is 7.09. The van der Waals surface area contributed by atoms with Gasteiger partial charge in [0.25, 0.3) is 5.91 Å². The average Bonchev–Trinajstić information content (AvgIpc) is 2.91. The van der Waals surface area contributed by atoms with Crippen molar-refractivity contribution >= 4 is 28.5 Å². The van der Waals surface area contributed by atoms with Crippen molar-refractivity contribution in [3.8, 4) is 0 Å². The predicted octanol–water partition coefficient (Wildman–Crippen LogP) is 1.50. The van der Waals surface area contributed by atoms with E-state index in [0.717, 1.165) is 29.7 Å². The van der Waals surface area contributed by atoms with Crippen LogP contribution in [0.4, 0.5) is 5.69 Å². The third kappa shape index (κ3) is 2.07. The largest absolute Gasteiger partial charge is 0.399 e. The predicted molar refractivity (Wildman–Crippen MR) is 79.6 cm³/mol. The Morgan fingerprint density at radius 3 is 2.76 bits per heavy atom. The van der Waals surface area contributed by atoms with Gasteiger partial charge in [-0.3, -0.25) is 14.5 Å². The highest BCUT2D eigenvalue weighted by Crippen LogP contribution is 2.30. The highest BCUT2D eigenvalue weighted by molar-refractivity contribution is 6.04. The van der Waals surface area contributed by atoms with Crippen LogP contribution in [0, 0.1) is 0 Å². The van der Waals surface area contributed by atoms with Crippen LogP contribution >= 0.6 is 0 Å². The molecule has 110 valence electrons. The van der Waals surface area contributed by atoms with Gasteiger partial charge in [-0.2, -0.15) is 0 Å². The fourth-order valence-corrected chi connectivity index (χ4v) is 2.85. The molecule has 2 aromatic rings. The molecular formula is C15H18N4O2. The maximum Gasteiger partial charge on any atom is 0.252 e. The summed E-state index contributed by atoms with van der Waals surface area (Å²) in [5.74, 6) is 0.512. The average molecular weight is 286 g/mol. The first-order valence-electron chi connectivity index (χ1n) is 7.09. The molecule has 0 radical (unpaired) electrons. The molecule has 1 aliphatic rings. The summed E-state index contributed by atoms with van der Waals surface area (Å²) in [6.07, 6.45) is 1.88. The molecule has 1 fully saturated rings. The number of fused-ring (bicyclic) bond motifs is 1. The highest BCUT2D eigenvalue weighted by Gasteiger charge is 2.38. The number of hydrogen-bond acceptors (Lipinski definition) is 4. The van der Waals surface area contributed by atoms with Crippen LogP contribution in [0.1, 0.15) is 31.6 Å². The Balaban J connectivity index is 2.18. The van der Waals surface area contributed by atoms with Crippen molar-refractivity contribution in [1.29, 1.82) is 0 Å². The molecule has 1 atom stereocenters. The lowest BCUT2D eigenvalue weighted by molar-refractivity contribution is -0.137. The maximum absolute atomic E-state index is 12.3. The van der Waals surface area contributed by atoms with E-state index in [9.17, 15) is 9.59 Å². The third-order valence-corrected chi connectivity index (χ3v) is 3.93. The number of likely N-dealkylation sites (tertiary alicyclic amines) is 1. The number of benzene rings is 1. The highest BCUT2D eigenvalue weighted by atomic mass is 16.2. The minimum atomic E-state index is -0.488. The van der Waals surface area contributed by atoms with Gasteiger partial charge in [0.05, 0.1) is 17.5 Å². The lowest BCUT2D eigenvalue weighted by Crippen LogP contribution is -2.27. The Kier molecular flexibility index (Phi) is 3.16. The van der Waals surface area contributed by atoms with Crippen LogP contribution in [-0.4, -0.2) is 33.3 Å². The van der Waals surface area contributed by atoms with E-state index in [4.69, 9.17) is 5.73 Å². The number of imide groups is 1. The van der Waals surface area contributed by atoms with Crippen LogP contribution in [0.3, 0.4) is 0 Å². The summed E-state index contributed by atoms with van der Waals surface area (Å²) in [6, 6.07) is 4.97. The van der Waals surface area contributed by atoms with Crippen molar-refractivity contribution in [2.45, 2.75) is 32.2 Å². The van der Waals surface area contributed by atoms with E-state index in [1.165, 1.54) is 11.9 Å². The second-order valence-electron chi connectivity index (χ2n) is 5.41. The molecule has 0 spiro atoms. The normalized spacial score (nSPS) is 19.0. The fourth-order valence-electron chi connectivity index (χ4n) is 2.85. The molecule has 1 saturated heterocycles. The quantitative estimate of drug-likeness (QED) is 0.685. The standard InChI is InChI=1S/C15H18N4O2/c1-3-4-13-17-10-7-9(16)5-6-11(10)19(13)12-8-14(20)18(2)15(12)21/h5-7,12H,3-4,8,16H2,1-2H3. The summed E-state index contributed by atoms with van der Waals surface area (Å²) in [7, 11) is 1.53. The number of carbonyl (C=O) groups excluding carboxylic acids is 2. The minimum absolute atomic E-state index is 0.148. The van der Waals surface area contributed by atoms with E-state index in [2.05, 4.69) is 11.9 Å². The third-order valence-electron chi connectivity index (χ3n) is 3.93. The van der Waals surface area contributed by atoms with Crippen molar-refractivity contribution < 1.29 is 9.59 Å². The van der Waals surface area contributed by atoms with Gasteiger partial charge in [0.2, 0.25) is 5.91 Å². The van der Waals surface area contributed by atoms with Crippen molar-refractivity contribution in [2.75, 3.05) is 12.8 Å². The van der Waals surface area contributed by atoms with Gasteiger partial charge in [0, 0.05) is 19.2 Å². The van der Waals surface area contributed by atoms with Crippen LogP contribution < -0.4 is 5.73 Å². The zero-order valence-corrected chi connectivity index (χ0v) is 12.2. The molecule has 1 aromatic heterocycles. The van der Waals surface area contributed by atoms with Gasteiger partial charge >= 0.3 is 0 Å². The summed E-state index contributed by atoms with van der Waals surface area (Å²) < 4.78 is 1.90. The van der Waals surface area contributed by atoms with E-state index in [0.29, 0.717) is 5.69 Å². The molecule has 21 heavy (non-hydrogen) atoms. The molecule has 0 bridgehead atoms. The van der Waals surface area contributed by atoms with E-state index in [1.807, 2.05) is 10.6 Å². The summed E-state index contributed by atoms with van der Waals surface area (Å²) >= 11 is 0. The number of amides is 2. The minimum Gasteiger partial charge on any atom is -0.399 e. The topological polar surface area (TPSA) is 81.2 Å². The Morgan fingerprint density at radius 2 is 2.14 bits per heavy atom.